The Morgan fingerprint density at radius 2 is 2.12 bits per heavy atom. The van der Waals surface area contributed by atoms with Crippen molar-refractivity contribution < 1.29 is 13.9 Å². The third kappa shape index (κ3) is 4.19. The maximum Gasteiger partial charge on any atom is 0.324 e. The van der Waals surface area contributed by atoms with Gasteiger partial charge in [0.1, 0.15) is 11.9 Å². The molecule has 1 atom stereocenters. The van der Waals surface area contributed by atoms with Gasteiger partial charge < -0.3 is 15.0 Å². The van der Waals surface area contributed by atoms with Crippen molar-refractivity contribution in [1.82, 2.24) is 15.3 Å². The van der Waals surface area contributed by atoms with E-state index in [-0.39, 0.29) is 11.8 Å². The standard InChI is InChI=1S/C24H21ClFN5O2/c1-33-24(32)22-13-31(9-8-27-22)15-11-21-20(29-12-15)5-4-19(30-21)16-6-7-28-23(16)17-10-14(25)2-3-18(17)26/h2-6,10-12,22,27H,7-9,13H2,1H3/t22-/m0/s1. The molecule has 1 saturated heterocycles. The second-order valence-electron chi connectivity index (χ2n) is 7.84. The first-order valence-corrected chi connectivity index (χ1v) is 10.9. The first-order chi connectivity index (χ1) is 16.0. The Kier molecular flexibility index (Phi) is 5.78. The van der Waals surface area contributed by atoms with Gasteiger partial charge in [-0.05, 0) is 36.4 Å². The third-order valence-electron chi connectivity index (χ3n) is 5.81. The smallest absolute Gasteiger partial charge is 0.324 e. The van der Waals surface area contributed by atoms with Crippen molar-refractivity contribution in [2.24, 2.45) is 4.99 Å². The Balaban J connectivity index is 1.47. The summed E-state index contributed by atoms with van der Waals surface area (Å²) in [6.07, 6.45) is 3.71. The number of benzene rings is 1. The number of aromatic nitrogens is 2. The van der Waals surface area contributed by atoms with Gasteiger partial charge in [0.25, 0.3) is 0 Å². The number of carbonyl (C=O) groups excluding carboxylic acids is 1. The van der Waals surface area contributed by atoms with Gasteiger partial charge in [0.05, 0.1) is 48.0 Å². The molecule has 2 aliphatic heterocycles. The van der Waals surface area contributed by atoms with Gasteiger partial charge in [-0.15, -0.1) is 0 Å². The van der Waals surface area contributed by atoms with Crippen LogP contribution < -0.4 is 10.2 Å². The number of esters is 1. The van der Waals surface area contributed by atoms with Gasteiger partial charge in [-0.25, -0.2) is 9.37 Å². The van der Waals surface area contributed by atoms with E-state index < -0.39 is 6.04 Å². The van der Waals surface area contributed by atoms with Gasteiger partial charge in [-0.3, -0.25) is 14.8 Å². The summed E-state index contributed by atoms with van der Waals surface area (Å²) in [6, 6.07) is 9.75. The van der Waals surface area contributed by atoms with Crippen LogP contribution in [0.1, 0.15) is 11.3 Å². The van der Waals surface area contributed by atoms with Crippen LogP contribution in [0, 0.1) is 5.82 Å². The summed E-state index contributed by atoms with van der Waals surface area (Å²) < 4.78 is 19.4. The Labute approximate surface area is 195 Å². The van der Waals surface area contributed by atoms with E-state index in [1.165, 1.54) is 19.2 Å². The molecule has 2 aliphatic rings. The molecule has 0 spiro atoms. The number of carbonyl (C=O) groups is 1. The normalized spacial score (nSPS) is 18.3. The molecule has 2 aromatic heterocycles. The molecule has 1 N–H and O–H groups in total. The van der Waals surface area contributed by atoms with Crippen LogP contribution in [-0.2, 0) is 9.53 Å². The Hall–Kier alpha value is -3.36. The fourth-order valence-electron chi connectivity index (χ4n) is 4.15. The zero-order valence-electron chi connectivity index (χ0n) is 17.9. The van der Waals surface area contributed by atoms with E-state index in [0.717, 1.165) is 23.3 Å². The number of allylic oxidation sites excluding steroid dienone is 1. The van der Waals surface area contributed by atoms with E-state index in [1.807, 2.05) is 24.3 Å². The minimum Gasteiger partial charge on any atom is -0.468 e. The average Bonchev–Trinajstić information content (AvgIpc) is 3.34. The molecule has 0 aliphatic carbocycles. The monoisotopic (exact) mass is 465 g/mol. The largest absolute Gasteiger partial charge is 0.468 e. The average molecular weight is 466 g/mol. The molecule has 0 amide bonds. The highest BCUT2D eigenvalue weighted by molar-refractivity contribution is 6.35. The van der Waals surface area contributed by atoms with Crippen molar-refractivity contribution >= 4 is 45.6 Å². The Morgan fingerprint density at radius 1 is 1.24 bits per heavy atom. The van der Waals surface area contributed by atoms with Crippen molar-refractivity contribution in [3.05, 3.63) is 70.8 Å². The number of piperazine rings is 1. The quantitative estimate of drug-likeness (QED) is 0.596. The molecule has 7 nitrogen and oxygen atoms in total. The van der Waals surface area contributed by atoms with E-state index in [2.05, 4.69) is 20.2 Å². The topological polar surface area (TPSA) is 79.7 Å². The predicted molar refractivity (Wildman–Crippen MR) is 126 cm³/mol. The first kappa shape index (κ1) is 21.5. The van der Waals surface area contributed by atoms with Crippen molar-refractivity contribution in [2.75, 3.05) is 38.2 Å². The van der Waals surface area contributed by atoms with Gasteiger partial charge >= 0.3 is 5.97 Å². The lowest BCUT2D eigenvalue weighted by Crippen LogP contribution is -2.54. The molecule has 4 heterocycles. The second-order valence-corrected chi connectivity index (χ2v) is 8.27. The number of hydrogen-bond donors (Lipinski definition) is 1. The van der Waals surface area contributed by atoms with Crippen molar-refractivity contribution in [1.29, 1.82) is 0 Å². The Morgan fingerprint density at radius 3 is 2.97 bits per heavy atom. The second kappa shape index (κ2) is 8.88. The molecular weight excluding hydrogens is 445 g/mol. The van der Waals surface area contributed by atoms with Gasteiger partial charge in [-0.1, -0.05) is 17.7 Å². The number of nitrogens with one attached hydrogen (secondary N) is 1. The number of pyridine rings is 2. The van der Waals surface area contributed by atoms with E-state index in [9.17, 15) is 9.18 Å². The number of rotatable bonds is 4. The molecule has 9 heteroatoms. The lowest BCUT2D eigenvalue weighted by molar-refractivity contribution is -0.143. The number of hydrogen-bond acceptors (Lipinski definition) is 7. The number of nitrogens with zero attached hydrogens (tertiary/aromatic N) is 4. The molecule has 0 bridgehead atoms. The van der Waals surface area contributed by atoms with Gasteiger partial charge in [0.15, 0.2) is 0 Å². The van der Waals surface area contributed by atoms with E-state index >= 15 is 0 Å². The SMILES string of the molecule is COC(=O)[C@@H]1CN(c2cnc3ccc(C4=CCN=C4c4cc(Cl)ccc4F)nc3c2)CCN1. The van der Waals surface area contributed by atoms with E-state index in [1.54, 1.807) is 12.3 Å². The molecule has 0 saturated carbocycles. The van der Waals surface area contributed by atoms with Gasteiger partial charge in [0, 0.05) is 35.8 Å². The fraction of sp³-hybridized carbons (Fsp3) is 0.250. The third-order valence-corrected chi connectivity index (χ3v) is 6.04. The van der Waals surface area contributed by atoms with Crippen LogP contribution in [0.4, 0.5) is 10.1 Å². The van der Waals surface area contributed by atoms with Crippen LogP contribution in [0.2, 0.25) is 5.02 Å². The maximum absolute atomic E-state index is 14.5. The highest BCUT2D eigenvalue weighted by atomic mass is 35.5. The molecular formula is C24H21ClFN5O2. The number of fused-ring (bicyclic) bond motifs is 1. The summed E-state index contributed by atoms with van der Waals surface area (Å²) in [5, 5.41) is 3.62. The van der Waals surface area contributed by atoms with Gasteiger partial charge in [0.2, 0.25) is 0 Å². The lowest BCUT2D eigenvalue weighted by atomic mass is 9.99. The first-order valence-electron chi connectivity index (χ1n) is 10.6. The highest BCUT2D eigenvalue weighted by Gasteiger charge is 2.26. The molecule has 33 heavy (non-hydrogen) atoms. The summed E-state index contributed by atoms with van der Waals surface area (Å²) in [6.45, 7) is 2.32. The van der Waals surface area contributed by atoms with Crippen molar-refractivity contribution in [2.45, 2.75) is 6.04 Å². The summed E-state index contributed by atoms with van der Waals surface area (Å²) in [7, 11) is 1.39. The van der Waals surface area contributed by atoms with Crippen molar-refractivity contribution in [3.63, 3.8) is 0 Å². The van der Waals surface area contributed by atoms with Crippen LogP contribution in [0.5, 0.6) is 0 Å². The summed E-state index contributed by atoms with van der Waals surface area (Å²) in [5.41, 5.74) is 4.66. The summed E-state index contributed by atoms with van der Waals surface area (Å²) >= 11 is 6.09. The molecule has 3 aromatic rings. The molecule has 1 aromatic carbocycles. The molecule has 168 valence electrons. The maximum atomic E-state index is 14.5. The zero-order valence-corrected chi connectivity index (χ0v) is 18.6. The van der Waals surface area contributed by atoms with Crippen molar-refractivity contribution in [3.8, 4) is 0 Å². The zero-order chi connectivity index (χ0) is 22.9. The van der Waals surface area contributed by atoms with Crippen LogP contribution in [0.3, 0.4) is 0 Å². The van der Waals surface area contributed by atoms with Gasteiger partial charge in [-0.2, -0.15) is 0 Å². The van der Waals surface area contributed by atoms with E-state index in [0.29, 0.717) is 47.1 Å². The number of halogens is 2. The minimum atomic E-state index is -0.395. The Bertz CT molecular complexity index is 1310. The summed E-state index contributed by atoms with van der Waals surface area (Å²) in [5.74, 6) is -0.670. The molecule has 0 unspecified atom stereocenters. The van der Waals surface area contributed by atoms with E-state index in [4.69, 9.17) is 21.3 Å². The van der Waals surface area contributed by atoms with Crippen LogP contribution in [-0.4, -0.2) is 61.0 Å². The summed E-state index contributed by atoms with van der Waals surface area (Å²) in [4.78, 5) is 27.9. The van der Waals surface area contributed by atoms with Crippen LogP contribution >= 0.6 is 11.6 Å². The highest BCUT2D eigenvalue weighted by Crippen LogP contribution is 2.28. The lowest BCUT2D eigenvalue weighted by Gasteiger charge is -2.33. The molecule has 5 rings (SSSR count). The van der Waals surface area contributed by atoms with Crippen LogP contribution in [0.15, 0.2) is 53.7 Å². The minimum absolute atomic E-state index is 0.290. The fourth-order valence-corrected chi connectivity index (χ4v) is 4.32. The number of anilines is 1. The molecule has 0 radical (unpaired) electrons. The number of methoxy groups -OCH3 is 1. The number of aliphatic imine (C=N–C) groups is 1. The van der Waals surface area contributed by atoms with Crippen LogP contribution in [0.25, 0.3) is 16.6 Å². The number of ether oxygens (including phenoxy) is 1. The molecule has 1 fully saturated rings. The predicted octanol–water partition coefficient (Wildman–Crippen LogP) is 3.26.